The summed E-state index contributed by atoms with van der Waals surface area (Å²) >= 11 is 0. The van der Waals surface area contributed by atoms with Crippen molar-refractivity contribution in [1.29, 1.82) is 0 Å². The van der Waals surface area contributed by atoms with Crippen LogP contribution in [0.4, 0.5) is 0 Å². The minimum absolute atomic E-state index is 0.301. The van der Waals surface area contributed by atoms with E-state index in [4.69, 9.17) is 15.2 Å². The summed E-state index contributed by atoms with van der Waals surface area (Å²) in [6.45, 7) is 1.57. The molecule has 6 nitrogen and oxygen atoms in total. The second-order valence-electron chi connectivity index (χ2n) is 5.41. The normalized spacial score (nSPS) is 12.8. The molecule has 1 atom stereocenters. The lowest BCUT2D eigenvalue weighted by Crippen LogP contribution is -2.52. The van der Waals surface area contributed by atoms with E-state index in [2.05, 4.69) is 5.32 Å². The van der Waals surface area contributed by atoms with E-state index < -0.39 is 17.4 Å². The fourth-order valence-electron chi connectivity index (χ4n) is 2.29. The van der Waals surface area contributed by atoms with E-state index in [-0.39, 0.29) is 0 Å². The highest BCUT2D eigenvalue weighted by molar-refractivity contribution is 5.99. The maximum atomic E-state index is 12.6. The maximum Gasteiger partial charge on any atom is 0.252 e. The molecular formula is C18H20N2O4. The van der Waals surface area contributed by atoms with Crippen molar-refractivity contribution in [2.45, 2.75) is 12.5 Å². The molecule has 126 valence electrons. The Hall–Kier alpha value is -3.02. The Balaban J connectivity index is 2.37. The highest BCUT2D eigenvalue weighted by Gasteiger charge is 2.35. The molecule has 0 radical (unpaired) electrons. The second-order valence-corrected chi connectivity index (χ2v) is 5.41. The number of hydrogen-bond donors (Lipinski definition) is 2. The Morgan fingerprint density at radius 1 is 1.00 bits per heavy atom. The molecule has 2 rings (SSSR count). The third kappa shape index (κ3) is 3.48. The third-order valence-electron chi connectivity index (χ3n) is 3.82. The van der Waals surface area contributed by atoms with Crippen molar-refractivity contribution in [1.82, 2.24) is 5.32 Å². The molecule has 3 N–H and O–H groups in total. The van der Waals surface area contributed by atoms with Gasteiger partial charge < -0.3 is 20.5 Å². The van der Waals surface area contributed by atoms with Crippen LogP contribution in [0.1, 0.15) is 22.8 Å². The molecule has 24 heavy (non-hydrogen) atoms. The van der Waals surface area contributed by atoms with Gasteiger partial charge in [0.05, 0.1) is 14.2 Å². The smallest absolute Gasteiger partial charge is 0.252 e. The second kappa shape index (κ2) is 7.04. The summed E-state index contributed by atoms with van der Waals surface area (Å²) in [5.41, 5.74) is 5.10. The molecule has 0 unspecified atom stereocenters. The topological polar surface area (TPSA) is 90.7 Å². The third-order valence-corrected chi connectivity index (χ3v) is 3.82. The molecule has 2 aromatic carbocycles. The molecule has 0 aliphatic carbocycles. The van der Waals surface area contributed by atoms with Crippen LogP contribution in [0, 0.1) is 0 Å². The lowest BCUT2D eigenvalue weighted by molar-refractivity contribution is -0.123. The molecule has 0 fully saturated rings. The van der Waals surface area contributed by atoms with Crippen LogP contribution in [0.25, 0.3) is 0 Å². The van der Waals surface area contributed by atoms with Gasteiger partial charge in [0.1, 0.15) is 17.0 Å². The van der Waals surface area contributed by atoms with Gasteiger partial charge in [-0.25, -0.2) is 0 Å². The summed E-state index contributed by atoms with van der Waals surface area (Å²) in [5.74, 6) is -0.172. The lowest BCUT2D eigenvalue weighted by atomic mass is 9.90. The standard InChI is InChI=1S/C18H20N2O4/c1-18(17(19)22,13-7-5-4-6-8-13)20-16(21)12-9-14(23-2)11-15(10-12)24-3/h4-11H,1-3H3,(H2,19,22)(H,20,21)/t18-/m1/s1. The molecule has 2 aromatic rings. The summed E-state index contributed by atoms with van der Waals surface area (Å²) in [7, 11) is 2.99. The molecule has 0 aromatic heterocycles. The van der Waals surface area contributed by atoms with Gasteiger partial charge in [-0.15, -0.1) is 0 Å². The van der Waals surface area contributed by atoms with Crippen molar-refractivity contribution in [3.05, 3.63) is 59.7 Å². The summed E-state index contributed by atoms with van der Waals surface area (Å²) < 4.78 is 10.3. The maximum absolute atomic E-state index is 12.6. The van der Waals surface area contributed by atoms with Crippen LogP contribution in [-0.4, -0.2) is 26.0 Å². The van der Waals surface area contributed by atoms with Gasteiger partial charge in [-0.2, -0.15) is 0 Å². The average molecular weight is 328 g/mol. The van der Waals surface area contributed by atoms with Gasteiger partial charge in [-0.3, -0.25) is 9.59 Å². The predicted molar refractivity (Wildman–Crippen MR) is 90.0 cm³/mol. The van der Waals surface area contributed by atoms with Crippen LogP contribution >= 0.6 is 0 Å². The first-order valence-corrected chi connectivity index (χ1v) is 7.31. The Morgan fingerprint density at radius 3 is 2.00 bits per heavy atom. The van der Waals surface area contributed by atoms with E-state index in [9.17, 15) is 9.59 Å². The van der Waals surface area contributed by atoms with Gasteiger partial charge in [0.15, 0.2) is 0 Å². The molecule has 0 aliphatic rings. The van der Waals surface area contributed by atoms with Crippen molar-refractivity contribution in [2.24, 2.45) is 5.73 Å². The van der Waals surface area contributed by atoms with Crippen LogP contribution in [-0.2, 0) is 10.3 Å². The number of methoxy groups -OCH3 is 2. The van der Waals surface area contributed by atoms with Crippen LogP contribution in [0.2, 0.25) is 0 Å². The van der Waals surface area contributed by atoms with Gasteiger partial charge in [-0.1, -0.05) is 30.3 Å². The van der Waals surface area contributed by atoms with Crippen molar-refractivity contribution in [3.8, 4) is 11.5 Å². The summed E-state index contributed by atoms with van der Waals surface area (Å²) in [6, 6.07) is 13.6. The first-order valence-electron chi connectivity index (χ1n) is 7.31. The van der Waals surface area contributed by atoms with Crippen LogP contribution in [0.15, 0.2) is 48.5 Å². The highest BCUT2D eigenvalue weighted by atomic mass is 16.5. The minimum atomic E-state index is -1.34. The zero-order valence-electron chi connectivity index (χ0n) is 13.8. The average Bonchev–Trinajstić information content (AvgIpc) is 2.61. The molecule has 0 spiro atoms. The number of nitrogens with one attached hydrogen (secondary N) is 1. The van der Waals surface area contributed by atoms with Crippen molar-refractivity contribution in [3.63, 3.8) is 0 Å². The van der Waals surface area contributed by atoms with Gasteiger partial charge in [0.25, 0.3) is 5.91 Å². The molecule has 0 heterocycles. The molecule has 0 saturated carbocycles. The first kappa shape index (κ1) is 17.3. The monoisotopic (exact) mass is 328 g/mol. The molecule has 6 heteroatoms. The molecule has 0 saturated heterocycles. The number of nitrogens with two attached hydrogens (primary N) is 1. The zero-order valence-corrected chi connectivity index (χ0v) is 13.8. The van der Waals surface area contributed by atoms with E-state index in [0.29, 0.717) is 22.6 Å². The van der Waals surface area contributed by atoms with E-state index in [1.165, 1.54) is 14.2 Å². The molecule has 2 amide bonds. The van der Waals surface area contributed by atoms with E-state index in [1.807, 2.05) is 6.07 Å². The number of benzene rings is 2. The number of amides is 2. The largest absolute Gasteiger partial charge is 0.497 e. The highest BCUT2D eigenvalue weighted by Crippen LogP contribution is 2.25. The van der Waals surface area contributed by atoms with E-state index in [0.717, 1.165) is 0 Å². The van der Waals surface area contributed by atoms with Crippen molar-refractivity contribution >= 4 is 11.8 Å². The zero-order chi connectivity index (χ0) is 17.7. The van der Waals surface area contributed by atoms with Crippen LogP contribution in [0.3, 0.4) is 0 Å². The van der Waals surface area contributed by atoms with Crippen LogP contribution in [0.5, 0.6) is 11.5 Å². The fourth-order valence-corrected chi connectivity index (χ4v) is 2.29. The Kier molecular flexibility index (Phi) is 5.08. The number of rotatable bonds is 6. The predicted octanol–water partition coefficient (Wildman–Crippen LogP) is 1.83. The number of ether oxygens (including phenoxy) is 2. The number of primary amides is 1. The number of carbonyl (C=O) groups is 2. The number of carbonyl (C=O) groups excluding carboxylic acids is 2. The Bertz CT molecular complexity index is 724. The van der Waals surface area contributed by atoms with Crippen molar-refractivity contribution < 1.29 is 19.1 Å². The molecule has 0 aliphatic heterocycles. The minimum Gasteiger partial charge on any atom is -0.497 e. The van der Waals surface area contributed by atoms with Gasteiger partial charge in [0, 0.05) is 11.6 Å². The van der Waals surface area contributed by atoms with Crippen molar-refractivity contribution in [2.75, 3.05) is 14.2 Å². The SMILES string of the molecule is COc1cc(OC)cc(C(=O)N[C@@](C)(C(N)=O)c2ccccc2)c1. The lowest BCUT2D eigenvalue weighted by Gasteiger charge is -2.28. The first-order chi connectivity index (χ1) is 11.4. The molecule has 0 bridgehead atoms. The summed E-state index contributed by atoms with van der Waals surface area (Å²) in [4.78, 5) is 24.6. The molecular weight excluding hydrogens is 308 g/mol. The van der Waals surface area contributed by atoms with E-state index in [1.54, 1.807) is 49.4 Å². The fraction of sp³-hybridized carbons (Fsp3) is 0.222. The summed E-state index contributed by atoms with van der Waals surface area (Å²) in [6.07, 6.45) is 0. The van der Waals surface area contributed by atoms with E-state index >= 15 is 0 Å². The summed E-state index contributed by atoms with van der Waals surface area (Å²) in [5, 5.41) is 2.70. The van der Waals surface area contributed by atoms with Gasteiger partial charge in [-0.05, 0) is 24.6 Å². The van der Waals surface area contributed by atoms with Crippen LogP contribution < -0.4 is 20.5 Å². The Labute approximate surface area is 140 Å². The van der Waals surface area contributed by atoms with Gasteiger partial charge in [0.2, 0.25) is 5.91 Å². The Morgan fingerprint density at radius 2 is 1.54 bits per heavy atom. The van der Waals surface area contributed by atoms with Gasteiger partial charge >= 0.3 is 0 Å². The number of hydrogen-bond acceptors (Lipinski definition) is 4. The quantitative estimate of drug-likeness (QED) is 0.846.